The summed E-state index contributed by atoms with van der Waals surface area (Å²) in [4.78, 5) is 3.37. The van der Waals surface area contributed by atoms with Crippen molar-refractivity contribution in [3.63, 3.8) is 0 Å². The third kappa shape index (κ3) is 1.57. The van der Waals surface area contributed by atoms with Crippen molar-refractivity contribution in [2.24, 2.45) is 0 Å². The molecule has 54 valence electrons. The minimum Gasteiger partial charge on any atom is -0.504 e. The Hall–Kier alpha value is 0.0900. The maximum atomic E-state index is 12.4. The Morgan fingerprint density at radius 3 is 2.80 bits per heavy atom. The van der Waals surface area contributed by atoms with Gasteiger partial charge in [0.1, 0.15) is 3.70 Å². The summed E-state index contributed by atoms with van der Waals surface area (Å²) in [7, 11) is 0. The first-order valence-corrected chi connectivity index (χ1v) is 4.19. The second kappa shape index (κ2) is 3.00. The molecule has 0 aliphatic carbocycles. The van der Waals surface area contributed by atoms with E-state index in [4.69, 9.17) is 5.11 Å². The first-order chi connectivity index (χ1) is 4.61. The van der Waals surface area contributed by atoms with Gasteiger partial charge in [0.15, 0.2) is 5.75 Å². The van der Waals surface area contributed by atoms with E-state index in [9.17, 15) is 4.39 Å². The standard InChI is InChI=1S/C5H2BrFINO/c6-2-1-3(7)9-5(8)4(2)10/h1,10H. The summed E-state index contributed by atoms with van der Waals surface area (Å²) in [5.74, 6) is -0.629. The van der Waals surface area contributed by atoms with Gasteiger partial charge in [0.2, 0.25) is 5.95 Å². The Kier molecular flexibility index (Phi) is 2.45. The van der Waals surface area contributed by atoms with E-state index in [2.05, 4.69) is 20.9 Å². The molecule has 1 rings (SSSR count). The maximum absolute atomic E-state index is 12.4. The minimum atomic E-state index is -0.603. The smallest absolute Gasteiger partial charge is 0.215 e. The molecule has 0 spiro atoms. The first kappa shape index (κ1) is 8.19. The largest absolute Gasteiger partial charge is 0.504 e. The monoisotopic (exact) mass is 317 g/mol. The molecule has 0 atom stereocenters. The van der Waals surface area contributed by atoms with Crippen LogP contribution in [0.4, 0.5) is 4.39 Å². The molecule has 0 bridgehead atoms. The van der Waals surface area contributed by atoms with Crippen molar-refractivity contribution in [1.82, 2.24) is 4.98 Å². The van der Waals surface area contributed by atoms with Crippen LogP contribution >= 0.6 is 38.5 Å². The highest BCUT2D eigenvalue weighted by Crippen LogP contribution is 2.27. The van der Waals surface area contributed by atoms with E-state index in [-0.39, 0.29) is 9.45 Å². The Morgan fingerprint density at radius 1 is 1.70 bits per heavy atom. The van der Waals surface area contributed by atoms with Gasteiger partial charge in [0, 0.05) is 6.07 Å². The van der Waals surface area contributed by atoms with E-state index in [1.807, 2.05) is 0 Å². The van der Waals surface area contributed by atoms with E-state index in [1.165, 1.54) is 0 Å². The van der Waals surface area contributed by atoms with Crippen molar-refractivity contribution < 1.29 is 9.50 Å². The third-order valence-electron chi connectivity index (χ3n) is 0.872. The fourth-order valence-corrected chi connectivity index (χ4v) is 1.72. The van der Waals surface area contributed by atoms with Crippen LogP contribution in [0.1, 0.15) is 0 Å². The molecule has 0 radical (unpaired) electrons. The number of nitrogens with zero attached hydrogens (tertiary/aromatic N) is 1. The summed E-state index contributed by atoms with van der Waals surface area (Å²) in [6.07, 6.45) is 0. The van der Waals surface area contributed by atoms with E-state index in [0.29, 0.717) is 4.47 Å². The zero-order chi connectivity index (χ0) is 7.72. The van der Waals surface area contributed by atoms with Gasteiger partial charge in [0.25, 0.3) is 0 Å². The van der Waals surface area contributed by atoms with Gasteiger partial charge in [-0.2, -0.15) is 4.39 Å². The molecule has 1 heterocycles. The van der Waals surface area contributed by atoms with Crippen molar-refractivity contribution in [2.75, 3.05) is 0 Å². The molecule has 5 heteroatoms. The van der Waals surface area contributed by atoms with Gasteiger partial charge in [-0.1, -0.05) is 0 Å². The average Bonchev–Trinajstić information content (AvgIpc) is 1.82. The Balaban J connectivity index is 3.31. The molecule has 1 N–H and O–H groups in total. The number of hydrogen-bond donors (Lipinski definition) is 1. The van der Waals surface area contributed by atoms with Crippen LogP contribution in [0.2, 0.25) is 0 Å². The van der Waals surface area contributed by atoms with Gasteiger partial charge in [-0.25, -0.2) is 4.98 Å². The fraction of sp³-hybridized carbons (Fsp3) is 0. The molecular weight excluding hydrogens is 316 g/mol. The predicted molar refractivity (Wildman–Crippen MR) is 46.3 cm³/mol. The maximum Gasteiger partial charge on any atom is 0.215 e. The zero-order valence-corrected chi connectivity index (χ0v) is 8.35. The lowest BCUT2D eigenvalue weighted by Gasteiger charge is -1.97. The lowest BCUT2D eigenvalue weighted by Crippen LogP contribution is -1.87. The topological polar surface area (TPSA) is 33.1 Å². The number of hydrogen-bond acceptors (Lipinski definition) is 2. The Bertz CT molecular complexity index is 245. The van der Waals surface area contributed by atoms with Crippen LogP contribution in [-0.2, 0) is 0 Å². The lowest BCUT2D eigenvalue weighted by atomic mass is 10.5. The predicted octanol–water partition coefficient (Wildman–Crippen LogP) is 2.29. The van der Waals surface area contributed by atoms with Crippen LogP contribution < -0.4 is 0 Å². The number of aromatic hydroxyl groups is 1. The van der Waals surface area contributed by atoms with E-state index < -0.39 is 5.95 Å². The molecule has 0 amide bonds. The van der Waals surface area contributed by atoms with Gasteiger partial charge in [0.05, 0.1) is 4.47 Å². The Morgan fingerprint density at radius 2 is 2.30 bits per heavy atom. The molecule has 2 nitrogen and oxygen atoms in total. The second-order valence-corrected chi connectivity index (χ2v) is 3.44. The number of rotatable bonds is 0. The molecule has 1 aromatic heterocycles. The van der Waals surface area contributed by atoms with Crippen molar-refractivity contribution in [2.45, 2.75) is 0 Å². The van der Waals surface area contributed by atoms with Gasteiger partial charge >= 0.3 is 0 Å². The fourth-order valence-electron chi connectivity index (χ4n) is 0.450. The molecule has 1 aromatic rings. The summed E-state index contributed by atoms with van der Waals surface area (Å²) in [6.45, 7) is 0. The van der Waals surface area contributed by atoms with E-state index in [1.54, 1.807) is 22.6 Å². The van der Waals surface area contributed by atoms with Gasteiger partial charge in [-0.15, -0.1) is 0 Å². The molecular formula is C5H2BrFINO. The van der Waals surface area contributed by atoms with Crippen molar-refractivity contribution >= 4 is 38.5 Å². The van der Waals surface area contributed by atoms with Crippen molar-refractivity contribution in [3.05, 3.63) is 20.2 Å². The third-order valence-corrected chi connectivity index (χ3v) is 2.23. The molecule has 0 unspecified atom stereocenters. The van der Waals surface area contributed by atoms with Gasteiger partial charge in [-0.3, -0.25) is 0 Å². The zero-order valence-electron chi connectivity index (χ0n) is 4.61. The van der Waals surface area contributed by atoms with Crippen LogP contribution in [0.15, 0.2) is 10.5 Å². The highest BCUT2D eigenvalue weighted by atomic mass is 127. The molecule has 0 aromatic carbocycles. The second-order valence-electron chi connectivity index (χ2n) is 1.57. The molecule has 0 fully saturated rings. The number of aromatic nitrogens is 1. The van der Waals surface area contributed by atoms with E-state index in [0.717, 1.165) is 6.07 Å². The molecule has 10 heavy (non-hydrogen) atoms. The summed E-state index contributed by atoms with van der Waals surface area (Å²) >= 11 is 4.71. The van der Waals surface area contributed by atoms with Crippen LogP contribution in [0.25, 0.3) is 0 Å². The van der Waals surface area contributed by atoms with Crippen LogP contribution in [-0.4, -0.2) is 10.1 Å². The summed E-state index contributed by atoms with van der Waals surface area (Å²) in [5, 5.41) is 9.05. The van der Waals surface area contributed by atoms with Crippen molar-refractivity contribution in [3.8, 4) is 5.75 Å². The van der Waals surface area contributed by atoms with Crippen LogP contribution in [0, 0.1) is 9.65 Å². The van der Waals surface area contributed by atoms with Gasteiger partial charge < -0.3 is 5.11 Å². The van der Waals surface area contributed by atoms with Crippen molar-refractivity contribution in [1.29, 1.82) is 0 Å². The quantitative estimate of drug-likeness (QED) is 0.588. The molecule has 0 aliphatic rings. The highest BCUT2D eigenvalue weighted by molar-refractivity contribution is 14.1. The molecule has 0 saturated heterocycles. The minimum absolute atomic E-state index is 0.0259. The Labute approximate surface area is 78.7 Å². The molecule has 0 aliphatic heterocycles. The average molecular weight is 318 g/mol. The normalized spacial score (nSPS) is 9.90. The number of halogens is 3. The highest BCUT2D eigenvalue weighted by Gasteiger charge is 2.05. The van der Waals surface area contributed by atoms with Crippen LogP contribution in [0.5, 0.6) is 5.75 Å². The SMILES string of the molecule is Oc1c(Br)cc(F)nc1I. The number of pyridine rings is 1. The summed E-state index contributed by atoms with van der Waals surface area (Å²) in [6, 6.07) is 1.11. The first-order valence-electron chi connectivity index (χ1n) is 2.32. The summed E-state index contributed by atoms with van der Waals surface area (Å²) in [5.41, 5.74) is 0. The lowest BCUT2D eigenvalue weighted by molar-refractivity contribution is 0.457. The van der Waals surface area contributed by atoms with Gasteiger partial charge in [-0.05, 0) is 38.5 Å². The summed E-state index contributed by atoms with van der Waals surface area (Å²) < 4.78 is 12.9. The van der Waals surface area contributed by atoms with Crippen LogP contribution in [0.3, 0.4) is 0 Å². The van der Waals surface area contributed by atoms with E-state index >= 15 is 0 Å². The molecule has 0 saturated carbocycles.